The molecule has 0 atom stereocenters. The van der Waals surface area contributed by atoms with Gasteiger partial charge in [-0.1, -0.05) is 0 Å². The third kappa shape index (κ3) is 3.42. The standard InChI is InChI=1S/C11H16FN3O/c1-15(2)11(16)5-6-14-10-4-3-8(13)7-9(10)12/h3-4,7,14H,5-6,13H2,1-2H3. The van der Waals surface area contributed by atoms with Gasteiger partial charge in [-0.05, 0) is 18.2 Å². The van der Waals surface area contributed by atoms with Crippen LogP contribution in [0.2, 0.25) is 0 Å². The largest absolute Gasteiger partial charge is 0.399 e. The van der Waals surface area contributed by atoms with Crippen molar-refractivity contribution in [3.63, 3.8) is 0 Å². The van der Waals surface area contributed by atoms with Crippen molar-refractivity contribution in [2.45, 2.75) is 6.42 Å². The summed E-state index contributed by atoms with van der Waals surface area (Å²) in [6.45, 7) is 0.401. The van der Waals surface area contributed by atoms with Crippen LogP contribution in [0, 0.1) is 5.82 Å². The van der Waals surface area contributed by atoms with Crippen molar-refractivity contribution in [3.05, 3.63) is 24.0 Å². The highest BCUT2D eigenvalue weighted by atomic mass is 19.1. The zero-order chi connectivity index (χ0) is 12.1. The Bertz CT molecular complexity index is 379. The summed E-state index contributed by atoms with van der Waals surface area (Å²) in [5.74, 6) is -0.402. The summed E-state index contributed by atoms with van der Waals surface area (Å²) < 4.78 is 13.3. The molecular formula is C11H16FN3O. The van der Waals surface area contributed by atoms with E-state index in [0.29, 0.717) is 24.3 Å². The minimum absolute atomic E-state index is 0.00310. The summed E-state index contributed by atoms with van der Waals surface area (Å²) in [6, 6.07) is 4.42. The minimum Gasteiger partial charge on any atom is -0.399 e. The number of nitrogens with zero attached hydrogens (tertiary/aromatic N) is 1. The highest BCUT2D eigenvalue weighted by molar-refractivity contribution is 5.76. The van der Waals surface area contributed by atoms with E-state index in [-0.39, 0.29) is 5.91 Å². The van der Waals surface area contributed by atoms with Crippen LogP contribution in [0.5, 0.6) is 0 Å². The van der Waals surface area contributed by atoms with Crippen molar-refractivity contribution in [3.8, 4) is 0 Å². The molecular weight excluding hydrogens is 209 g/mol. The molecule has 5 heteroatoms. The number of hydrogen-bond donors (Lipinski definition) is 2. The number of hydrogen-bond acceptors (Lipinski definition) is 3. The SMILES string of the molecule is CN(C)C(=O)CCNc1ccc(N)cc1F. The van der Waals surface area contributed by atoms with Gasteiger partial charge in [0.2, 0.25) is 5.91 Å². The normalized spacial score (nSPS) is 9.94. The molecule has 1 amide bonds. The van der Waals surface area contributed by atoms with E-state index in [0.717, 1.165) is 0 Å². The molecule has 1 aromatic rings. The quantitative estimate of drug-likeness (QED) is 0.759. The van der Waals surface area contributed by atoms with E-state index < -0.39 is 5.82 Å². The Kier molecular flexibility index (Phi) is 4.10. The lowest BCUT2D eigenvalue weighted by molar-refractivity contribution is -0.128. The fraction of sp³-hybridized carbons (Fsp3) is 0.364. The summed E-state index contributed by atoms with van der Waals surface area (Å²) in [6.07, 6.45) is 0.330. The number of amides is 1. The number of nitrogen functional groups attached to an aromatic ring is 1. The fourth-order valence-electron chi connectivity index (χ4n) is 1.20. The lowest BCUT2D eigenvalue weighted by atomic mass is 10.2. The van der Waals surface area contributed by atoms with Crippen molar-refractivity contribution >= 4 is 17.3 Å². The van der Waals surface area contributed by atoms with E-state index in [1.165, 1.54) is 11.0 Å². The van der Waals surface area contributed by atoms with E-state index in [1.54, 1.807) is 26.2 Å². The lowest BCUT2D eigenvalue weighted by Crippen LogP contribution is -2.24. The predicted octanol–water partition coefficient (Wildman–Crippen LogP) is 1.30. The second-order valence-corrected chi connectivity index (χ2v) is 3.70. The van der Waals surface area contributed by atoms with Gasteiger partial charge in [0, 0.05) is 32.7 Å². The van der Waals surface area contributed by atoms with Crippen molar-refractivity contribution in [1.29, 1.82) is 0 Å². The first-order valence-electron chi connectivity index (χ1n) is 4.99. The molecule has 0 heterocycles. The molecule has 0 bridgehead atoms. The predicted molar refractivity (Wildman–Crippen MR) is 62.6 cm³/mol. The Morgan fingerprint density at radius 1 is 1.50 bits per heavy atom. The number of rotatable bonds is 4. The van der Waals surface area contributed by atoms with Gasteiger partial charge in [-0.2, -0.15) is 0 Å². The number of carbonyl (C=O) groups is 1. The molecule has 88 valence electrons. The third-order valence-electron chi connectivity index (χ3n) is 2.15. The van der Waals surface area contributed by atoms with Gasteiger partial charge in [-0.3, -0.25) is 4.79 Å². The van der Waals surface area contributed by atoms with Crippen LogP contribution in [-0.4, -0.2) is 31.4 Å². The molecule has 1 aromatic carbocycles. The van der Waals surface area contributed by atoms with E-state index in [2.05, 4.69) is 5.32 Å². The number of benzene rings is 1. The first-order valence-corrected chi connectivity index (χ1v) is 4.99. The molecule has 3 N–H and O–H groups in total. The number of nitrogens with one attached hydrogen (secondary N) is 1. The zero-order valence-corrected chi connectivity index (χ0v) is 9.46. The lowest BCUT2D eigenvalue weighted by Gasteiger charge is -2.11. The molecule has 0 saturated heterocycles. The van der Waals surface area contributed by atoms with Crippen LogP contribution < -0.4 is 11.1 Å². The first kappa shape index (κ1) is 12.3. The van der Waals surface area contributed by atoms with Gasteiger partial charge in [0.25, 0.3) is 0 Å². The van der Waals surface area contributed by atoms with Crippen molar-refractivity contribution in [2.24, 2.45) is 0 Å². The van der Waals surface area contributed by atoms with Crippen molar-refractivity contribution in [1.82, 2.24) is 4.90 Å². The average molecular weight is 225 g/mol. The van der Waals surface area contributed by atoms with Crippen LogP contribution in [0.3, 0.4) is 0 Å². The summed E-state index contributed by atoms with van der Waals surface area (Å²) in [7, 11) is 3.37. The maximum Gasteiger partial charge on any atom is 0.223 e. The van der Waals surface area contributed by atoms with Gasteiger partial charge < -0.3 is 16.0 Å². The van der Waals surface area contributed by atoms with E-state index in [9.17, 15) is 9.18 Å². The van der Waals surface area contributed by atoms with Gasteiger partial charge in [-0.25, -0.2) is 4.39 Å². The smallest absolute Gasteiger partial charge is 0.223 e. The Morgan fingerprint density at radius 3 is 2.75 bits per heavy atom. The van der Waals surface area contributed by atoms with Crippen LogP contribution in [0.4, 0.5) is 15.8 Å². The van der Waals surface area contributed by atoms with E-state index >= 15 is 0 Å². The number of anilines is 2. The molecule has 0 aliphatic rings. The number of nitrogens with two attached hydrogens (primary N) is 1. The van der Waals surface area contributed by atoms with Crippen molar-refractivity contribution < 1.29 is 9.18 Å². The molecule has 0 saturated carbocycles. The van der Waals surface area contributed by atoms with E-state index in [4.69, 9.17) is 5.73 Å². The maximum atomic E-state index is 13.3. The van der Waals surface area contributed by atoms with Crippen LogP contribution in [0.15, 0.2) is 18.2 Å². The molecule has 1 rings (SSSR count). The summed E-state index contributed by atoms with van der Waals surface area (Å²) in [4.78, 5) is 12.7. The van der Waals surface area contributed by atoms with E-state index in [1.807, 2.05) is 0 Å². The maximum absolute atomic E-state index is 13.3. The summed E-state index contributed by atoms with van der Waals surface area (Å²) >= 11 is 0. The van der Waals surface area contributed by atoms with Gasteiger partial charge in [0.1, 0.15) is 5.82 Å². The van der Waals surface area contributed by atoms with Crippen LogP contribution in [-0.2, 0) is 4.79 Å². The second kappa shape index (κ2) is 5.34. The Balaban J connectivity index is 2.46. The van der Waals surface area contributed by atoms with Crippen LogP contribution >= 0.6 is 0 Å². The molecule has 0 aromatic heterocycles. The van der Waals surface area contributed by atoms with Gasteiger partial charge in [0.15, 0.2) is 0 Å². The van der Waals surface area contributed by atoms with Gasteiger partial charge >= 0.3 is 0 Å². The fourth-order valence-corrected chi connectivity index (χ4v) is 1.20. The number of halogens is 1. The van der Waals surface area contributed by atoms with Gasteiger partial charge in [0.05, 0.1) is 5.69 Å². The molecule has 0 aliphatic heterocycles. The molecule has 0 spiro atoms. The summed E-state index contributed by atoms with van der Waals surface area (Å²) in [5, 5.41) is 2.85. The molecule has 0 aliphatic carbocycles. The zero-order valence-electron chi connectivity index (χ0n) is 9.46. The topological polar surface area (TPSA) is 58.4 Å². The molecule has 0 fully saturated rings. The minimum atomic E-state index is -0.405. The highest BCUT2D eigenvalue weighted by Gasteiger charge is 2.05. The Morgan fingerprint density at radius 2 is 2.19 bits per heavy atom. The van der Waals surface area contributed by atoms with Crippen LogP contribution in [0.1, 0.15) is 6.42 Å². The van der Waals surface area contributed by atoms with Gasteiger partial charge in [-0.15, -0.1) is 0 Å². The molecule has 0 radical (unpaired) electrons. The average Bonchev–Trinajstić information content (AvgIpc) is 2.20. The Hall–Kier alpha value is -1.78. The second-order valence-electron chi connectivity index (χ2n) is 3.70. The molecule has 4 nitrogen and oxygen atoms in total. The highest BCUT2D eigenvalue weighted by Crippen LogP contribution is 2.16. The van der Waals surface area contributed by atoms with Crippen LogP contribution in [0.25, 0.3) is 0 Å². The third-order valence-corrected chi connectivity index (χ3v) is 2.15. The number of carbonyl (C=O) groups excluding carboxylic acids is 1. The monoisotopic (exact) mass is 225 g/mol. The molecule has 0 unspecified atom stereocenters. The molecule has 16 heavy (non-hydrogen) atoms. The first-order chi connectivity index (χ1) is 7.50. The van der Waals surface area contributed by atoms with Crippen molar-refractivity contribution in [2.75, 3.05) is 31.7 Å². The summed E-state index contributed by atoms with van der Waals surface area (Å²) in [5.41, 5.74) is 6.16. The Labute approximate surface area is 94.2 Å².